The number of anilines is 2. The molecule has 1 heterocycles. The van der Waals surface area contributed by atoms with Crippen LogP contribution in [0.15, 0.2) is 78.9 Å². The van der Waals surface area contributed by atoms with Crippen LogP contribution in [-0.2, 0) is 4.79 Å². The molecule has 0 aliphatic rings. The quantitative estimate of drug-likeness (QED) is 0.796. The molecule has 0 fully saturated rings. The molecule has 24 heavy (non-hydrogen) atoms. The number of aromatic nitrogens is 1. The maximum absolute atomic E-state index is 13.0. The normalized spacial score (nSPS) is 11.8. The Morgan fingerprint density at radius 3 is 1.92 bits per heavy atom. The van der Waals surface area contributed by atoms with E-state index >= 15 is 0 Å². The molecule has 1 amide bonds. The van der Waals surface area contributed by atoms with Gasteiger partial charge in [-0.2, -0.15) is 0 Å². The first-order valence-corrected chi connectivity index (χ1v) is 7.72. The minimum Gasteiger partial charge on any atom is -0.377 e. The van der Waals surface area contributed by atoms with Gasteiger partial charge in [-0.25, -0.2) is 0 Å². The van der Waals surface area contributed by atoms with Gasteiger partial charge in [0.2, 0.25) is 0 Å². The number of rotatable bonds is 4. The summed E-state index contributed by atoms with van der Waals surface area (Å²) in [5.74, 6) is -0.439. The summed E-state index contributed by atoms with van der Waals surface area (Å²) in [4.78, 5) is 18.8. The Bertz CT molecular complexity index is 780. The van der Waals surface area contributed by atoms with Crippen LogP contribution in [0.25, 0.3) is 0 Å². The Morgan fingerprint density at radius 1 is 0.875 bits per heavy atom. The third kappa shape index (κ3) is 3.34. The zero-order chi connectivity index (χ0) is 16.9. The molecular formula is C20H18N2O2. The first-order valence-electron chi connectivity index (χ1n) is 7.72. The third-order valence-electron chi connectivity index (χ3n) is 3.67. The van der Waals surface area contributed by atoms with Crippen LogP contribution in [-0.4, -0.2) is 16.0 Å². The van der Waals surface area contributed by atoms with Crippen molar-refractivity contribution in [2.45, 2.75) is 13.0 Å². The van der Waals surface area contributed by atoms with Gasteiger partial charge in [0.1, 0.15) is 0 Å². The summed E-state index contributed by atoms with van der Waals surface area (Å²) in [6.07, 6.45) is -1.33. The summed E-state index contributed by atoms with van der Waals surface area (Å²) in [5.41, 5.74) is 2.49. The fourth-order valence-electron chi connectivity index (χ4n) is 2.52. The van der Waals surface area contributed by atoms with Crippen LogP contribution in [0.1, 0.15) is 17.5 Å². The second-order valence-electron chi connectivity index (χ2n) is 5.45. The number of amides is 1. The number of carbonyl (C=O) groups is 1. The van der Waals surface area contributed by atoms with Crippen molar-refractivity contribution in [3.8, 4) is 0 Å². The van der Waals surface area contributed by atoms with Gasteiger partial charge >= 0.3 is 0 Å². The molecule has 0 bridgehead atoms. The van der Waals surface area contributed by atoms with E-state index < -0.39 is 12.0 Å². The summed E-state index contributed by atoms with van der Waals surface area (Å²) >= 11 is 0. The monoisotopic (exact) mass is 318 g/mol. The van der Waals surface area contributed by atoms with Crippen molar-refractivity contribution < 1.29 is 9.90 Å². The van der Waals surface area contributed by atoms with Crippen molar-refractivity contribution in [3.05, 3.63) is 90.3 Å². The smallest absolute Gasteiger partial charge is 0.266 e. The van der Waals surface area contributed by atoms with Crippen LogP contribution < -0.4 is 4.90 Å². The molecule has 1 unspecified atom stereocenters. The van der Waals surface area contributed by atoms with Crippen molar-refractivity contribution in [1.29, 1.82) is 0 Å². The van der Waals surface area contributed by atoms with Gasteiger partial charge in [-0.3, -0.25) is 14.7 Å². The first-order chi connectivity index (χ1) is 11.7. The number of hydrogen-bond acceptors (Lipinski definition) is 3. The summed E-state index contributed by atoms with van der Waals surface area (Å²) < 4.78 is 0. The zero-order valence-electron chi connectivity index (χ0n) is 13.3. The molecule has 0 radical (unpaired) electrons. The molecule has 120 valence electrons. The number of benzene rings is 2. The lowest BCUT2D eigenvalue weighted by Crippen LogP contribution is -2.31. The van der Waals surface area contributed by atoms with Crippen molar-refractivity contribution in [2.24, 2.45) is 0 Å². The number of aliphatic hydroxyl groups is 1. The van der Waals surface area contributed by atoms with Gasteiger partial charge in [0.05, 0.1) is 5.69 Å². The highest BCUT2D eigenvalue weighted by atomic mass is 16.3. The first kappa shape index (κ1) is 15.9. The highest BCUT2D eigenvalue weighted by Gasteiger charge is 2.27. The van der Waals surface area contributed by atoms with Crippen molar-refractivity contribution in [3.63, 3.8) is 0 Å². The average Bonchev–Trinajstić information content (AvgIpc) is 2.63. The fourth-order valence-corrected chi connectivity index (χ4v) is 2.52. The maximum Gasteiger partial charge on any atom is 0.266 e. The second kappa shape index (κ2) is 7.06. The van der Waals surface area contributed by atoms with E-state index in [-0.39, 0.29) is 0 Å². The Hall–Kier alpha value is -2.98. The number of aryl methyl sites for hydroxylation is 1. The average molecular weight is 318 g/mol. The van der Waals surface area contributed by atoms with Crippen LogP contribution >= 0.6 is 0 Å². The van der Waals surface area contributed by atoms with E-state index in [1.807, 2.05) is 73.7 Å². The predicted molar refractivity (Wildman–Crippen MR) is 94.0 cm³/mol. The van der Waals surface area contributed by atoms with Crippen LogP contribution in [0.2, 0.25) is 0 Å². The molecule has 0 aliphatic heterocycles. The summed E-state index contributed by atoms with van der Waals surface area (Å²) in [7, 11) is 0. The van der Waals surface area contributed by atoms with Gasteiger partial charge in [-0.15, -0.1) is 0 Å². The number of para-hydroxylation sites is 2. The summed E-state index contributed by atoms with van der Waals surface area (Å²) in [5, 5.41) is 10.6. The van der Waals surface area contributed by atoms with E-state index in [1.165, 1.54) is 4.90 Å². The van der Waals surface area contributed by atoms with Crippen LogP contribution in [0, 0.1) is 6.92 Å². The molecule has 1 N–H and O–H groups in total. The van der Waals surface area contributed by atoms with E-state index in [9.17, 15) is 9.90 Å². The Balaban J connectivity index is 2.01. The number of aliphatic hydroxyl groups excluding tert-OH is 1. The van der Waals surface area contributed by atoms with E-state index in [0.717, 1.165) is 5.69 Å². The third-order valence-corrected chi connectivity index (χ3v) is 3.67. The van der Waals surface area contributed by atoms with Gasteiger partial charge in [0, 0.05) is 17.1 Å². The minimum atomic E-state index is -1.33. The molecule has 3 rings (SSSR count). The molecule has 0 spiro atoms. The van der Waals surface area contributed by atoms with E-state index in [2.05, 4.69) is 4.98 Å². The van der Waals surface area contributed by atoms with E-state index in [0.29, 0.717) is 17.1 Å². The zero-order valence-corrected chi connectivity index (χ0v) is 13.3. The van der Waals surface area contributed by atoms with Crippen LogP contribution in [0.4, 0.5) is 11.4 Å². The molecule has 4 heteroatoms. The SMILES string of the molecule is Cc1cccc(C(O)C(=O)N(c2ccccc2)c2ccccc2)n1. The lowest BCUT2D eigenvalue weighted by Gasteiger charge is -2.25. The molecule has 3 aromatic rings. The predicted octanol–water partition coefficient (Wildman–Crippen LogP) is 3.79. The van der Waals surface area contributed by atoms with Crippen LogP contribution in [0.5, 0.6) is 0 Å². The molecule has 0 aliphatic carbocycles. The van der Waals surface area contributed by atoms with Gasteiger partial charge in [-0.05, 0) is 43.3 Å². The Kier molecular flexibility index (Phi) is 4.68. The van der Waals surface area contributed by atoms with Crippen molar-refractivity contribution >= 4 is 17.3 Å². The second-order valence-corrected chi connectivity index (χ2v) is 5.45. The van der Waals surface area contributed by atoms with Gasteiger partial charge in [0.15, 0.2) is 6.10 Å². The Morgan fingerprint density at radius 2 is 1.42 bits per heavy atom. The maximum atomic E-state index is 13.0. The molecule has 0 saturated heterocycles. The van der Waals surface area contributed by atoms with Gasteiger partial charge < -0.3 is 5.11 Å². The van der Waals surface area contributed by atoms with Crippen molar-refractivity contribution in [1.82, 2.24) is 4.98 Å². The molecule has 2 aromatic carbocycles. The lowest BCUT2D eigenvalue weighted by atomic mass is 10.1. The standard InChI is InChI=1S/C20H18N2O2/c1-15-9-8-14-18(21-15)19(23)20(24)22(16-10-4-2-5-11-16)17-12-6-3-7-13-17/h2-14,19,23H,1H3. The molecule has 1 atom stereocenters. The number of nitrogens with zero attached hydrogens (tertiary/aromatic N) is 2. The molecule has 1 aromatic heterocycles. The molecule has 4 nitrogen and oxygen atoms in total. The minimum absolute atomic E-state index is 0.344. The molecular weight excluding hydrogens is 300 g/mol. The summed E-state index contributed by atoms with van der Waals surface area (Å²) in [6, 6.07) is 23.8. The fraction of sp³-hybridized carbons (Fsp3) is 0.100. The lowest BCUT2D eigenvalue weighted by molar-refractivity contribution is -0.126. The van der Waals surface area contributed by atoms with Crippen LogP contribution in [0.3, 0.4) is 0 Å². The highest BCUT2D eigenvalue weighted by molar-refractivity contribution is 6.03. The van der Waals surface area contributed by atoms with Gasteiger partial charge in [-0.1, -0.05) is 42.5 Å². The highest BCUT2D eigenvalue weighted by Crippen LogP contribution is 2.28. The largest absolute Gasteiger partial charge is 0.377 e. The van der Waals surface area contributed by atoms with Crippen molar-refractivity contribution in [2.75, 3.05) is 4.90 Å². The summed E-state index contributed by atoms with van der Waals surface area (Å²) in [6.45, 7) is 1.83. The van der Waals surface area contributed by atoms with E-state index in [4.69, 9.17) is 0 Å². The topological polar surface area (TPSA) is 53.4 Å². The Labute approximate surface area is 141 Å². The molecule has 0 saturated carbocycles. The number of pyridine rings is 1. The number of hydrogen-bond donors (Lipinski definition) is 1. The van der Waals surface area contributed by atoms with E-state index in [1.54, 1.807) is 12.1 Å². The number of carbonyl (C=O) groups excluding carboxylic acids is 1. The van der Waals surface area contributed by atoms with Gasteiger partial charge in [0.25, 0.3) is 5.91 Å².